The van der Waals surface area contributed by atoms with Gasteiger partial charge in [0.15, 0.2) is 0 Å². The van der Waals surface area contributed by atoms with Gasteiger partial charge in [0.05, 0.1) is 45.4 Å². The summed E-state index contributed by atoms with van der Waals surface area (Å²) in [6.45, 7) is 1.60. The van der Waals surface area contributed by atoms with Crippen molar-refractivity contribution >= 4 is 46.3 Å². The second-order valence-electron chi connectivity index (χ2n) is 6.23. The molecule has 28 heavy (non-hydrogen) atoms. The van der Waals surface area contributed by atoms with Gasteiger partial charge in [-0.3, -0.25) is 4.79 Å². The number of halogens is 1. The maximum absolute atomic E-state index is 12.2. The van der Waals surface area contributed by atoms with E-state index in [1.807, 2.05) is 5.38 Å². The number of carbonyl (C=O) groups excluding carboxylic acids is 2. The molecular weight excluding hydrogens is 400 g/mol. The minimum atomic E-state index is -0.424. The topological polar surface area (TPSA) is 100 Å². The number of hydrogen-bond acceptors (Lipinski definition) is 5. The third kappa shape index (κ3) is 4.16. The Hall–Kier alpha value is -2.88. The molecule has 0 spiro atoms. The lowest BCUT2D eigenvalue weighted by molar-refractivity contribution is 0.0928. The van der Waals surface area contributed by atoms with Crippen LogP contribution >= 0.6 is 22.9 Å². The minimum absolute atomic E-state index is 0.0904. The summed E-state index contributed by atoms with van der Waals surface area (Å²) in [5, 5.41) is 18.0. The summed E-state index contributed by atoms with van der Waals surface area (Å²) in [5.74, 6) is -0.0904. The first-order valence-corrected chi connectivity index (χ1v) is 9.82. The number of nitrogens with one attached hydrogen (secondary N) is 4. The fraction of sp³-hybridized carbons (Fsp3) is 0.167. The van der Waals surface area contributed by atoms with Crippen LogP contribution in [0.3, 0.4) is 0 Å². The molecule has 8 nitrogen and oxygen atoms in total. The lowest BCUT2D eigenvalue weighted by Gasteiger charge is -2.27. The van der Waals surface area contributed by atoms with Crippen molar-refractivity contribution in [3.63, 3.8) is 0 Å². The zero-order chi connectivity index (χ0) is 19.5. The van der Waals surface area contributed by atoms with Crippen LogP contribution in [0.5, 0.6) is 0 Å². The average Bonchev–Trinajstić information content (AvgIpc) is 3.29. The minimum Gasteiger partial charge on any atom is -0.346 e. The van der Waals surface area contributed by atoms with Crippen molar-refractivity contribution in [3.8, 4) is 5.69 Å². The summed E-state index contributed by atoms with van der Waals surface area (Å²) in [5.41, 5.74) is 1.79. The number of para-hydroxylation sites is 1. The zero-order valence-corrected chi connectivity index (χ0v) is 16.2. The highest BCUT2D eigenvalue weighted by molar-refractivity contribution is 7.12. The number of anilines is 2. The summed E-state index contributed by atoms with van der Waals surface area (Å²) in [6.07, 6.45) is 3.20. The number of aromatic nitrogens is 2. The molecule has 0 unspecified atom stereocenters. The maximum atomic E-state index is 12.2. The zero-order valence-electron chi connectivity index (χ0n) is 14.6. The van der Waals surface area contributed by atoms with Crippen LogP contribution in [0.2, 0.25) is 5.02 Å². The number of thiophene rings is 1. The molecule has 1 aromatic carbocycles. The predicted octanol–water partition coefficient (Wildman–Crippen LogP) is 2.93. The van der Waals surface area contributed by atoms with Crippen molar-refractivity contribution in [2.24, 2.45) is 0 Å². The summed E-state index contributed by atoms with van der Waals surface area (Å²) in [6, 6.07) is 8.51. The first-order valence-electron chi connectivity index (χ1n) is 8.56. The van der Waals surface area contributed by atoms with Crippen molar-refractivity contribution in [1.29, 1.82) is 0 Å². The van der Waals surface area contributed by atoms with Crippen LogP contribution in [0, 0.1) is 0 Å². The molecule has 10 heteroatoms. The van der Waals surface area contributed by atoms with E-state index >= 15 is 0 Å². The van der Waals surface area contributed by atoms with Crippen LogP contribution in [0.15, 0.2) is 48.1 Å². The standard InChI is InChI=1S/C18H17ClN6O2S/c19-14-3-1-2-4-15(14)24-18(27)23-12-8-21-25(9-12)13-5-16(28-10-13)17(26)22-11-6-20-7-11/h1-5,8-11,20H,6-7H2,(H,22,26)(H2,23,24,27). The number of urea groups is 1. The molecule has 3 amide bonds. The van der Waals surface area contributed by atoms with Crippen LogP contribution in [0.4, 0.5) is 16.2 Å². The van der Waals surface area contributed by atoms with Gasteiger partial charge in [0.2, 0.25) is 0 Å². The Morgan fingerprint density at radius 3 is 2.82 bits per heavy atom. The van der Waals surface area contributed by atoms with Crippen molar-refractivity contribution in [2.45, 2.75) is 6.04 Å². The van der Waals surface area contributed by atoms with Gasteiger partial charge < -0.3 is 21.3 Å². The SMILES string of the molecule is O=C(Nc1cnn(-c2csc(C(=O)NC3CNC3)c2)c1)Nc1ccccc1Cl. The maximum Gasteiger partial charge on any atom is 0.323 e. The normalized spacial score (nSPS) is 13.6. The molecular formula is C18H17ClN6O2S. The molecule has 1 aliphatic heterocycles. The Morgan fingerprint density at radius 2 is 2.07 bits per heavy atom. The molecule has 4 N–H and O–H groups in total. The van der Waals surface area contributed by atoms with Gasteiger partial charge in [-0.15, -0.1) is 11.3 Å². The Balaban J connectivity index is 1.38. The van der Waals surface area contributed by atoms with Gasteiger partial charge >= 0.3 is 6.03 Å². The van der Waals surface area contributed by atoms with Gasteiger partial charge in [0.25, 0.3) is 5.91 Å². The first-order chi connectivity index (χ1) is 13.6. The Kier molecular flexibility index (Phi) is 5.29. The fourth-order valence-corrected chi connectivity index (χ4v) is 3.55. The summed E-state index contributed by atoms with van der Waals surface area (Å²) in [7, 11) is 0. The molecule has 0 atom stereocenters. The Labute approximate surface area is 169 Å². The molecule has 0 radical (unpaired) electrons. The van der Waals surface area contributed by atoms with E-state index in [0.717, 1.165) is 18.8 Å². The van der Waals surface area contributed by atoms with Gasteiger partial charge in [-0.25, -0.2) is 9.48 Å². The summed E-state index contributed by atoms with van der Waals surface area (Å²) in [4.78, 5) is 25.0. The third-order valence-corrected chi connectivity index (χ3v) is 5.40. The molecule has 3 heterocycles. The van der Waals surface area contributed by atoms with Crippen molar-refractivity contribution in [2.75, 3.05) is 23.7 Å². The van der Waals surface area contributed by atoms with Crippen molar-refractivity contribution < 1.29 is 9.59 Å². The molecule has 4 rings (SSSR count). The number of benzene rings is 1. The number of hydrogen-bond donors (Lipinski definition) is 4. The first kappa shape index (κ1) is 18.5. The van der Waals surface area contributed by atoms with Crippen molar-refractivity contribution in [3.05, 3.63) is 58.0 Å². The van der Waals surface area contributed by atoms with E-state index in [9.17, 15) is 9.59 Å². The van der Waals surface area contributed by atoms with Crippen LogP contribution in [-0.2, 0) is 0 Å². The lowest BCUT2D eigenvalue weighted by atomic mass is 10.2. The lowest BCUT2D eigenvalue weighted by Crippen LogP contribution is -2.56. The van der Waals surface area contributed by atoms with Gasteiger partial charge in [-0.2, -0.15) is 5.10 Å². The monoisotopic (exact) mass is 416 g/mol. The largest absolute Gasteiger partial charge is 0.346 e. The molecule has 2 aromatic heterocycles. The van der Waals surface area contributed by atoms with E-state index in [2.05, 4.69) is 26.4 Å². The van der Waals surface area contributed by atoms with Crippen LogP contribution in [0.25, 0.3) is 5.69 Å². The highest BCUT2D eigenvalue weighted by Crippen LogP contribution is 2.22. The molecule has 0 saturated carbocycles. The predicted molar refractivity (Wildman–Crippen MR) is 110 cm³/mol. The van der Waals surface area contributed by atoms with Crippen LogP contribution in [-0.4, -0.2) is 40.9 Å². The molecule has 0 bridgehead atoms. The summed E-state index contributed by atoms with van der Waals surface area (Å²) < 4.78 is 1.60. The second kappa shape index (κ2) is 8.01. The number of amides is 3. The Morgan fingerprint density at radius 1 is 1.25 bits per heavy atom. The van der Waals surface area contributed by atoms with Gasteiger partial charge in [-0.05, 0) is 18.2 Å². The molecule has 3 aromatic rings. The van der Waals surface area contributed by atoms with E-state index < -0.39 is 6.03 Å². The molecule has 1 fully saturated rings. The quantitative estimate of drug-likeness (QED) is 0.513. The van der Waals surface area contributed by atoms with Gasteiger partial charge in [0.1, 0.15) is 0 Å². The number of nitrogens with zero attached hydrogens (tertiary/aromatic N) is 2. The van der Waals surface area contributed by atoms with E-state index in [1.165, 1.54) is 17.5 Å². The van der Waals surface area contributed by atoms with Crippen LogP contribution in [0.1, 0.15) is 9.67 Å². The highest BCUT2D eigenvalue weighted by Gasteiger charge is 2.20. The Bertz CT molecular complexity index is 1010. The van der Waals surface area contributed by atoms with Gasteiger partial charge in [-0.1, -0.05) is 23.7 Å². The number of carbonyl (C=O) groups is 2. The van der Waals surface area contributed by atoms with E-state index in [-0.39, 0.29) is 11.9 Å². The second-order valence-corrected chi connectivity index (χ2v) is 7.55. The van der Waals surface area contributed by atoms with Crippen LogP contribution < -0.4 is 21.3 Å². The molecule has 144 valence electrons. The summed E-state index contributed by atoms with van der Waals surface area (Å²) >= 11 is 7.38. The van der Waals surface area contributed by atoms with E-state index in [4.69, 9.17) is 11.6 Å². The fourth-order valence-electron chi connectivity index (χ4n) is 2.59. The smallest absolute Gasteiger partial charge is 0.323 e. The molecule has 1 aliphatic rings. The van der Waals surface area contributed by atoms with Gasteiger partial charge in [0, 0.05) is 18.5 Å². The average molecular weight is 417 g/mol. The molecule has 0 aliphatic carbocycles. The molecule has 1 saturated heterocycles. The third-order valence-electron chi connectivity index (χ3n) is 4.15. The van der Waals surface area contributed by atoms with E-state index in [0.29, 0.717) is 21.3 Å². The van der Waals surface area contributed by atoms with Crippen molar-refractivity contribution in [1.82, 2.24) is 20.4 Å². The number of rotatable bonds is 5. The highest BCUT2D eigenvalue weighted by atomic mass is 35.5. The van der Waals surface area contributed by atoms with E-state index in [1.54, 1.807) is 41.2 Å².